The Balaban J connectivity index is 1.82. The third-order valence-electron chi connectivity index (χ3n) is 3.68. The number of hydrogen-bond donors (Lipinski definition) is 1. The SMILES string of the molecule is N#Cc1ccc(C(=CCCc2ccc(F)cc2)c2nc[nH]n2)cc1. The normalized spacial score (nSPS) is 11.2. The van der Waals surface area contributed by atoms with Gasteiger partial charge in [-0.2, -0.15) is 10.4 Å². The molecule has 4 nitrogen and oxygen atoms in total. The number of nitrogens with zero attached hydrogens (tertiary/aromatic N) is 3. The molecular weight excluding hydrogens is 303 g/mol. The highest BCUT2D eigenvalue weighted by atomic mass is 19.1. The van der Waals surface area contributed by atoms with Crippen molar-refractivity contribution in [2.24, 2.45) is 0 Å². The molecule has 0 bridgehead atoms. The number of aromatic nitrogens is 3. The van der Waals surface area contributed by atoms with Crippen molar-refractivity contribution in [3.05, 3.63) is 89.3 Å². The zero-order chi connectivity index (χ0) is 16.8. The van der Waals surface area contributed by atoms with Gasteiger partial charge in [0.2, 0.25) is 0 Å². The summed E-state index contributed by atoms with van der Waals surface area (Å²) in [5.74, 6) is 0.382. The Kier molecular flexibility index (Phi) is 4.78. The molecule has 0 fully saturated rings. The average molecular weight is 318 g/mol. The third-order valence-corrected chi connectivity index (χ3v) is 3.68. The molecule has 0 radical (unpaired) electrons. The summed E-state index contributed by atoms with van der Waals surface area (Å²) >= 11 is 0. The molecule has 1 heterocycles. The monoisotopic (exact) mass is 318 g/mol. The summed E-state index contributed by atoms with van der Waals surface area (Å²) in [5.41, 5.74) is 3.54. The minimum absolute atomic E-state index is 0.228. The van der Waals surface area contributed by atoms with E-state index >= 15 is 0 Å². The second-order valence-electron chi connectivity index (χ2n) is 5.29. The number of benzene rings is 2. The smallest absolute Gasteiger partial charge is 0.181 e. The molecule has 2 aromatic carbocycles. The molecule has 5 heteroatoms. The van der Waals surface area contributed by atoms with Crippen LogP contribution in [0.2, 0.25) is 0 Å². The van der Waals surface area contributed by atoms with Crippen molar-refractivity contribution >= 4 is 5.57 Å². The summed E-state index contributed by atoms with van der Waals surface area (Å²) < 4.78 is 13.0. The van der Waals surface area contributed by atoms with E-state index < -0.39 is 0 Å². The van der Waals surface area contributed by atoms with Gasteiger partial charge in [-0.05, 0) is 48.2 Å². The molecule has 1 aromatic heterocycles. The summed E-state index contributed by atoms with van der Waals surface area (Å²) in [6.45, 7) is 0. The number of nitriles is 1. The van der Waals surface area contributed by atoms with Crippen molar-refractivity contribution in [2.45, 2.75) is 12.8 Å². The third kappa shape index (κ3) is 3.73. The van der Waals surface area contributed by atoms with Crippen LogP contribution < -0.4 is 0 Å². The number of nitrogens with one attached hydrogen (secondary N) is 1. The van der Waals surface area contributed by atoms with Crippen molar-refractivity contribution in [3.63, 3.8) is 0 Å². The van der Waals surface area contributed by atoms with Gasteiger partial charge in [0.25, 0.3) is 0 Å². The minimum atomic E-state index is -0.228. The fraction of sp³-hybridized carbons (Fsp3) is 0.105. The number of halogens is 1. The first-order chi connectivity index (χ1) is 11.8. The lowest BCUT2D eigenvalue weighted by Crippen LogP contribution is -1.93. The van der Waals surface area contributed by atoms with Crippen LogP contribution in [0.4, 0.5) is 4.39 Å². The number of H-pyrrole nitrogens is 1. The summed E-state index contributed by atoms with van der Waals surface area (Å²) in [6, 6.07) is 15.9. The topological polar surface area (TPSA) is 65.4 Å². The van der Waals surface area contributed by atoms with Crippen molar-refractivity contribution in [3.8, 4) is 6.07 Å². The highest BCUT2D eigenvalue weighted by molar-refractivity contribution is 5.76. The Labute approximate surface area is 139 Å². The zero-order valence-electron chi connectivity index (χ0n) is 12.9. The summed E-state index contributed by atoms with van der Waals surface area (Å²) in [4.78, 5) is 4.22. The molecular formula is C19H15FN4. The van der Waals surface area contributed by atoms with E-state index in [0.717, 1.165) is 29.5 Å². The van der Waals surface area contributed by atoms with Gasteiger partial charge in [-0.1, -0.05) is 30.3 Å². The van der Waals surface area contributed by atoms with Gasteiger partial charge in [0.15, 0.2) is 5.82 Å². The Bertz CT molecular complexity index is 857. The lowest BCUT2D eigenvalue weighted by atomic mass is 10.0. The van der Waals surface area contributed by atoms with Gasteiger partial charge in [0.05, 0.1) is 11.6 Å². The second-order valence-corrected chi connectivity index (χ2v) is 5.29. The largest absolute Gasteiger partial charge is 0.265 e. The van der Waals surface area contributed by atoms with Crippen LogP contribution in [0.5, 0.6) is 0 Å². The van der Waals surface area contributed by atoms with Crippen LogP contribution in [0, 0.1) is 17.1 Å². The molecule has 0 atom stereocenters. The first-order valence-corrected chi connectivity index (χ1v) is 7.57. The van der Waals surface area contributed by atoms with Gasteiger partial charge >= 0.3 is 0 Å². The van der Waals surface area contributed by atoms with Crippen LogP contribution in [-0.2, 0) is 6.42 Å². The number of hydrogen-bond acceptors (Lipinski definition) is 3. The fourth-order valence-corrected chi connectivity index (χ4v) is 2.44. The molecule has 0 amide bonds. The van der Waals surface area contributed by atoms with E-state index in [1.807, 2.05) is 12.1 Å². The molecule has 3 rings (SSSR count). The Hall–Kier alpha value is -3.26. The van der Waals surface area contributed by atoms with Gasteiger partial charge in [-0.3, -0.25) is 5.10 Å². The van der Waals surface area contributed by atoms with E-state index in [0.29, 0.717) is 11.4 Å². The maximum atomic E-state index is 13.0. The van der Waals surface area contributed by atoms with E-state index in [1.165, 1.54) is 18.5 Å². The van der Waals surface area contributed by atoms with Crippen LogP contribution >= 0.6 is 0 Å². The van der Waals surface area contributed by atoms with Crippen LogP contribution in [0.25, 0.3) is 5.57 Å². The van der Waals surface area contributed by atoms with Gasteiger partial charge < -0.3 is 0 Å². The quantitative estimate of drug-likeness (QED) is 0.776. The molecule has 0 spiro atoms. The lowest BCUT2D eigenvalue weighted by Gasteiger charge is -2.05. The van der Waals surface area contributed by atoms with E-state index in [-0.39, 0.29) is 5.82 Å². The van der Waals surface area contributed by atoms with Crippen molar-refractivity contribution < 1.29 is 4.39 Å². The maximum Gasteiger partial charge on any atom is 0.181 e. The summed E-state index contributed by atoms with van der Waals surface area (Å²) in [6.07, 6.45) is 5.17. The first-order valence-electron chi connectivity index (χ1n) is 7.57. The first kappa shape index (κ1) is 15.6. The number of aryl methyl sites for hydroxylation is 1. The van der Waals surface area contributed by atoms with E-state index in [1.54, 1.807) is 24.3 Å². The maximum absolute atomic E-state index is 13.0. The minimum Gasteiger partial charge on any atom is -0.265 e. The predicted octanol–water partition coefficient (Wildman–Crippen LogP) is 3.88. The van der Waals surface area contributed by atoms with Crippen LogP contribution in [0.1, 0.15) is 28.9 Å². The number of aromatic amines is 1. The highest BCUT2D eigenvalue weighted by Crippen LogP contribution is 2.22. The second kappa shape index (κ2) is 7.34. The Morgan fingerprint density at radius 1 is 1.12 bits per heavy atom. The van der Waals surface area contributed by atoms with Crippen LogP contribution in [-0.4, -0.2) is 15.2 Å². The molecule has 0 saturated carbocycles. The van der Waals surface area contributed by atoms with Crippen molar-refractivity contribution in [1.29, 1.82) is 5.26 Å². The number of rotatable bonds is 5. The Morgan fingerprint density at radius 3 is 2.50 bits per heavy atom. The molecule has 1 N–H and O–H groups in total. The summed E-state index contributed by atoms with van der Waals surface area (Å²) in [5, 5.41) is 15.8. The molecule has 118 valence electrons. The number of allylic oxidation sites excluding steroid dienone is 1. The van der Waals surface area contributed by atoms with Gasteiger partial charge in [0, 0.05) is 5.57 Å². The lowest BCUT2D eigenvalue weighted by molar-refractivity contribution is 0.627. The van der Waals surface area contributed by atoms with E-state index in [2.05, 4.69) is 27.3 Å². The van der Waals surface area contributed by atoms with Crippen molar-refractivity contribution in [1.82, 2.24) is 15.2 Å². The van der Waals surface area contributed by atoms with Crippen LogP contribution in [0.15, 0.2) is 60.9 Å². The van der Waals surface area contributed by atoms with Crippen molar-refractivity contribution in [2.75, 3.05) is 0 Å². The Morgan fingerprint density at radius 2 is 1.88 bits per heavy atom. The fourth-order valence-electron chi connectivity index (χ4n) is 2.44. The van der Waals surface area contributed by atoms with E-state index in [4.69, 9.17) is 5.26 Å². The predicted molar refractivity (Wildman–Crippen MR) is 89.3 cm³/mol. The van der Waals surface area contributed by atoms with Gasteiger partial charge in [0.1, 0.15) is 12.1 Å². The summed E-state index contributed by atoms with van der Waals surface area (Å²) in [7, 11) is 0. The standard InChI is InChI=1S/C19H15FN4/c20-17-10-6-14(7-11-17)2-1-3-18(19-22-13-23-24-19)16-8-4-15(12-21)5-9-16/h3-11,13H,1-2H2,(H,22,23,24). The van der Waals surface area contributed by atoms with E-state index in [9.17, 15) is 4.39 Å². The molecule has 0 aliphatic rings. The average Bonchev–Trinajstić information content (AvgIpc) is 3.15. The molecule has 3 aromatic rings. The van der Waals surface area contributed by atoms with Gasteiger partial charge in [-0.25, -0.2) is 9.37 Å². The van der Waals surface area contributed by atoms with Gasteiger partial charge in [-0.15, -0.1) is 0 Å². The molecule has 0 aliphatic carbocycles. The molecule has 24 heavy (non-hydrogen) atoms. The molecule has 0 saturated heterocycles. The zero-order valence-corrected chi connectivity index (χ0v) is 12.9. The van der Waals surface area contributed by atoms with Crippen LogP contribution in [0.3, 0.4) is 0 Å². The molecule has 0 unspecified atom stereocenters. The molecule has 0 aliphatic heterocycles. The highest BCUT2D eigenvalue weighted by Gasteiger charge is 2.08.